The number of carbonyl (C=O) groups is 2. The zero-order valence-corrected chi connectivity index (χ0v) is 14.1. The molecule has 6 nitrogen and oxygen atoms in total. The van der Waals surface area contributed by atoms with E-state index in [9.17, 15) is 9.59 Å². The van der Waals surface area contributed by atoms with Gasteiger partial charge in [-0.15, -0.1) is 0 Å². The zero-order valence-electron chi connectivity index (χ0n) is 11.8. The number of amides is 2. The van der Waals surface area contributed by atoms with Crippen LogP contribution >= 0.6 is 34.8 Å². The quantitative estimate of drug-likeness (QED) is 0.619. The molecule has 0 bridgehead atoms. The van der Waals surface area contributed by atoms with Gasteiger partial charge in [0.25, 0.3) is 0 Å². The molecule has 2 N–H and O–H groups in total. The number of carbonyl (C=O) groups excluding carboxylic acids is 2. The van der Waals surface area contributed by atoms with Crippen molar-refractivity contribution < 1.29 is 19.1 Å². The summed E-state index contributed by atoms with van der Waals surface area (Å²) >= 11 is 17.0. The van der Waals surface area contributed by atoms with Crippen molar-refractivity contribution in [3.05, 3.63) is 30.3 Å². The third-order valence-electron chi connectivity index (χ3n) is 2.13. The van der Waals surface area contributed by atoms with Gasteiger partial charge in [-0.2, -0.15) is 0 Å². The Labute approximate surface area is 143 Å². The van der Waals surface area contributed by atoms with E-state index in [0.717, 1.165) is 0 Å². The van der Waals surface area contributed by atoms with Crippen molar-refractivity contribution in [3.63, 3.8) is 0 Å². The Morgan fingerprint density at radius 1 is 1.05 bits per heavy atom. The first-order chi connectivity index (χ1) is 10.2. The largest absolute Gasteiger partial charge is 0.447 e. The zero-order chi connectivity index (χ0) is 16.8. The summed E-state index contributed by atoms with van der Waals surface area (Å²) in [6, 6.07) is 8.52. The van der Waals surface area contributed by atoms with E-state index >= 15 is 0 Å². The fourth-order valence-corrected chi connectivity index (χ4v) is 1.61. The van der Waals surface area contributed by atoms with E-state index < -0.39 is 22.2 Å². The molecule has 122 valence electrons. The van der Waals surface area contributed by atoms with Crippen LogP contribution in [0.5, 0.6) is 0 Å². The van der Waals surface area contributed by atoms with E-state index in [0.29, 0.717) is 5.69 Å². The van der Waals surface area contributed by atoms with Crippen LogP contribution in [0.1, 0.15) is 13.8 Å². The second-order valence-corrected chi connectivity index (χ2v) is 6.79. The van der Waals surface area contributed by atoms with Crippen LogP contribution in [0.4, 0.5) is 15.3 Å². The molecule has 1 unspecified atom stereocenters. The Morgan fingerprint density at radius 3 is 2.14 bits per heavy atom. The molecule has 0 aliphatic rings. The summed E-state index contributed by atoms with van der Waals surface area (Å²) in [5.74, 6) is 0. The van der Waals surface area contributed by atoms with Crippen LogP contribution in [-0.4, -0.2) is 28.3 Å². The van der Waals surface area contributed by atoms with E-state index in [1.54, 1.807) is 44.2 Å². The molecule has 0 radical (unpaired) electrons. The number of rotatable bonds is 4. The molecule has 2 amide bonds. The topological polar surface area (TPSA) is 76.7 Å². The highest BCUT2D eigenvalue weighted by Gasteiger charge is 2.38. The highest BCUT2D eigenvalue weighted by Crippen LogP contribution is 2.31. The number of halogens is 3. The Bertz CT molecular complexity index is 506. The average molecular weight is 370 g/mol. The smallest absolute Gasteiger partial charge is 0.413 e. The van der Waals surface area contributed by atoms with Gasteiger partial charge in [0.15, 0.2) is 0 Å². The predicted octanol–water partition coefficient (Wildman–Crippen LogP) is 4.07. The molecule has 1 aromatic carbocycles. The molecule has 9 heteroatoms. The number of nitrogens with one attached hydrogen (secondary N) is 2. The fourth-order valence-electron chi connectivity index (χ4n) is 1.31. The van der Waals surface area contributed by atoms with Crippen LogP contribution in [0.2, 0.25) is 0 Å². The Kier molecular flexibility index (Phi) is 7.06. The van der Waals surface area contributed by atoms with Crippen molar-refractivity contribution >= 4 is 52.7 Å². The maximum atomic E-state index is 11.8. The summed E-state index contributed by atoms with van der Waals surface area (Å²) in [4.78, 5) is 23.3. The molecule has 0 spiro atoms. The van der Waals surface area contributed by atoms with Gasteiger partial charge in [-0.3, -0.25) is 10.6 Å². The van der Waals surface area contributed by atoms with E-state index in [1.165, 1.54) is 0 Å². The number of alkyl carbamates (subject to hydrolysis) is 1. The second kappa shape index (κ2) is 8.31. The molecule has 0 aliphatic carbocycles. The van der Waals surface area contributed by atoms with Gasteiger partial charge in [-0.1, -0.05) is 53.0 Å². The van der Waals surface area contributed by atoms with Gasteiger partial charge >= 0.3 is 12.2 Å². The molecule has 0 saturated heterocycles. The second-order valence-electron chi connectivity index (χ2n) is 4.42. The van der Waals surface area contributed by atoms with Crippen molar-refractivity contribution in [2.24, 2.45) is 0 Å². The number of ether oxygens (including phenoxy) is 2. The fraction of sp³-hybridized carbons (Fsp3) is 0.385. The van der Waals surface area contributed by atoms with Gasteiger partial charge in [-0.05, 0) is 26.0 Å². The van der Waals surface area contributed by atoms with Crippen LogP contribution in [-0.2, 0) is 9.47 Å². The monoisotopic (exact) mass is 368 g/mol. The summed E-state index contributed by atoms with van der Waals surface area (Å²) in [6.45, 7) is 3.29. The minimum atomic E-state index is -2.07. The van der Waals surface area contributed by atoms with Crippen molar-refractivity contribution in [3.8, 4) is 0 Å². The summed E-state index contributed by atoms with van der Waals surface area (Å²) in [7, 11) is 0. The summed E-state index contributed by atoms with van der Waals surface area (Å²) in [5.41, 5.74) is 0.486. The van der Waals surface area contributed by atoms with Gasteiger partial charge in [-0.25, -0.2) is 9.59 Å². The average Bonchev–Trinajstić information content (AvgIpc) is 2.37. The lowest BCUT2D eigenvalue weighted by Crippen LogP contribution is -2.48. The van der Waals surface area contributed by atoms with E-state index in [1.807, 2.05) is 0 Å². The maximum Gasteiger partial charge on any atom is 0.413 e. The molecule has 1 rings (SSSR count). The summed E-state index contributed by atoms with van der Waals surface area (Å²) < 4.78 is 7.69. The molecule has 0 aromatic heterocycles. The van der Waals surface area contributed by atoms with Crippen LogP contribution in [0.3, 0.4) is 0 Å². The van der Waals surface area contributed by atoms with Gasteiger partial charge in [0, 0.05) is 5.69 Å². The molecular formula is C13H15Cl3N2O4. The predicted molar refractivity (Wildman–Crippen MR) is 85.4 cm³/mol. The lowest BCUT2D eigenvalue weighted by Gasteiger charge is -2.25. The lowest BCUT2D eigenvalue weighted by molar-refractivity contribution is 0.0677. The Balaban J connectivity index is 2.65. The van der Waals surface area contributed by atoms with Crippen molar-refractivity contribution in [2.75, 3.05) is 5.32 Å². The van der Waals surface area contributed by atoms with E-state index in [2.05, 4.69) is 10.6 Å². The van der Waals surface area contributed by atoms with Crippen LogP contribution < -0.4 is 10.6 Å². The third-order valence-corrected chi connectivity index (χ3v) is 2.73. The maximum absolute atomic E-state index is 11.8. The van der Waals surface area contributed by atoms with Crippen molar-refractivity contribution in [2.45, 2.75) is 30.0 Å². The Morgan fingerprint density at radius 2 is 1.64 bits per heavy atom. The normalized spacial score (nSPS) is 12.5. The van der Waals surface area contributed by atoms with Crippen molar-refractivity contribution in [1.29, 1.82) is 0 Å². The van der Waals surface area contributed by atoms with Crippen LogP contribution in [0.15, 0.2) is 30.3 Å². The number of alkyl halides is 3. The minimum absolute atomic E-state index is 0.380. The summed E-state index contributed by atoms with van der Waals surface area (Å²) in [6.07, 6.45) is -3.67. The first-order valence-corrected chi connectivity index (χ1v) is 7.38. The third kappa shape index (κ3) is 7.06. The number of anilines is 1. The molecule has 0 heterocycles. The number of para-hydroxylation sites is 1. The first kappa shape index (κ1) is 18.7. The number of hydrogen-bond acceptors (Lipinski definition) is 4. The van der Waals surface area contributed by atoms with E-state index in [-0.39, 0.29) is 6.10 Å². The number of benzene rings is 1. The molecule has 0 saturated carbocycles. The highest BCUT2D eigenvalue weighted by molar-refractivity contribution is 6.68. The standard InChI is InChI=1S/C13H15Cl3N2O4/c1-8(2)21-12(20)18-10(13(14,15)16)22-11(19)17-9-6-4-3-5-7-9/h3-8,10H,1-2H3,(H,17,19)(H,18,20). The van der Waals surface area contributed by atoms with Gasteiger partial charge in [0.2, 0.25) is 10.0 Å². The summed E-state index contributed by atoms with van der Waals surface area (Å²) in [5, 5.41) is 4.59. The molecule has 22 heavy (non-hydrogen) atoms. The molecule has 0 fully saturated rings. The van der Waals surface area contributed by atoms with Gasteiger partial charge < -0.3 is 9.47 Å². The molecule has 1 atom stereocenters. The highest BCUT2D eigenvalue weighted by atomic mass is 35.6. The number of hydrogen-bond donors (Lipinski definition) is 2. The lowest BCUT2D eigenvalue weighted by atomic mass is 10.3. The van der Waals surface area contributed by atoms with Crippen LogP contribution in [0.25, 0.3) is 0 Å². The van der Waals surface area contributed by atoms with Crippen molar-refractivity contribution in [1.82, 2.24) is 5.32 Å². The van der Waals surface area contributed by atoms with Gasteiger partial charge in [0.05, 0.1) is 6.10 Å². The molecule has 1 aromatic rings. The van der Waals surface area contributed by atoms with E-state index in [4.69, 9.17) is 44.3 Å². The molecule has 0 aliphatic heterocycles. The Hall–Kier alpha value is -1.37. The first-order valence-electron chi connectivity index (χ1n) is 6.25. The minimum Gasteiger partial charge on any atom is -0.447 e. The van der Waals surface area contributed by atoms with Crippen LogP contribution in [0, 0.1) is 0 Å². The SMILES string of the molecule is CC(C)OC(=O)NC(OC(=O)Nc1ccccc1)C(Cl)(Cl)Cl. The van der Waals surface area contributed by atoms with Gasteiger partial charge in [0.1, 0.15) is 0 Å². The molecular weight excluding hydrogens is 355 g/mol.